The summed E-state index contributed by atoms with van der Waals surface area (Å²) in [5.41, 5.74) is 7.21. The maximum atomic E-state index is 9.18. The molecule has 5 N–H and O–H groups in total. The van der Waals surface area contributed by atoms with E-state index in [2.05, 4.69) is 5.32 Å². The number of para-hydroxylation sites is 1. The topological polar surface area (TPSA) is 78.5 Å². The Bertz CT molecular complexity index is 475. The Morgan fingerprint density at radius 2 is 1.35 bits per heavy atom. The van der Waals surface area contributed by atoms with E-state index in [1.165, 1.54) is 0 Å². The smallest absolute Gasteiger partial charge is 0.248 e. The second-order valence-corrected chi connectivity index (χ2v) is 3.79. The molecule has 2 aromatic carbocycles. The lowest BCUT2D eigenvalue weighted by molar-refractivity contribution is -0.163. The Labute approximate surface area is 99.3 Å². The predicted octanol–water partition coefficient (Wildman–Crippen LogP) is 1.48. The number of benzene rings is 2. The number of hydrogen-bond acceptors (Lipinski definition) is 4. The fourth-order valence-electron chi connectivity index (χ4n) is 1.49. The van der Waals surface area contributed by atoms with Crippen LogP contribution in [0.4, 0.5) is 11.4 Å². The highest BCUT2D eigenvalue weighted by Gasteiger charge is 2.18. The van der Waals surface area contributed by atoms with Crippen LogP contribution in [0.3, 0.4) is 0 Å². The highest BCUT2D eigenvalue weighted by Crippen LogP contribution is 2.19. The normalized spacial score (nSPS) is 11.2. The molecule has 0 atom stereocenters. The van der Waals surface area contributed by atoms with Crippen LogP contribution < -0.4 is 11.1 Å². The Morgan fingerprint density at radius 3 is 1.88 bits per heavy atom. The van der Waals surface area contributed by atoms with Gasteiger partial charge in [-0.3, -0.25) is 5.73 Å². The van der Waals surface area contributed by atoms with Crippen molar-refractivity contribution < 1.29 is 10.2 Å². The number of nitrogens with two attached hydrogens (primary N) is 1. The summed E-state index contributed by atoms with van der Waals surface area (Å²) in [4.78, 5) is 0. The molecule has 0 spiro atoms. The molecule has 0 aliphatic rings. The summed E-state index contributed by atoms with van der Waals surface area (Å²) in [6.45, 7) is 0. The first-order chi connectivity index (χ1) is 8.05. The van der Waals surface area contributed by atoms with Gasteiger partial charge in [0.1, 0.15) is 0 Å². The molecule has 0 amide bonds. The number of hydrogen-bond donors (Lipinski definition) is 4. The quantitative estimate of drug-likeness (QED) is 0.602. The van der Waals surface area contributed by atoms with Gasteiger partial charge in [-0.2, -0.15) is 0 Å². The molecule has 0 bridgehead atoms. The minimum absolute atomic E-state index is 0.246. The van der Waals surface area contributed by atoms with Crippen LogP contribution in [-0.4, -0.2) is 10.2 Å². The van der Waals surface area contributed by atoms with E-state index in [-0.39, 0.29) is 5.56 Å². The molecule has 0 aromatic heterocycles. The van der Waals surface area contributed by atoms with Crippen molar-refractivity contribution in [3.8, 4) is 0 Å². The highest BCUT2D eigenvalue weighted by atomic mass is 16.5. The van der Waals surface area contributed by atoms with Crippen LogP contribution in [0, 0.1) is 0 Å². The van der Waals surface area contributed by atoms with Crippen LogP contribution in [0.5, 0.6) is 0 Å². The highest BCUT2D eigenvalue weighted by molar-refractivity contribution is 5.59. The van der Waals surface area contributed by atoms with Crippen LogP contribution in [0.2, 0.25) is 0 Å². The number of anilines is 2. The molecule has 2 rings (SSSR count). The van der Waals surface area contributed by atoms with Crippen molar-refractivity contribution in [3.63, 3.8) is 0 Å². The fourth-order valence-corrected chi connectivity index (χ4v) is 1.49. The monoisotopic (exact) mass is 230 g/mol. The lowest BCUT2D eigenvalue weighted by Crippen LogP contribution is -2.35. The summed E-state index contributed by atoms with van der Waals surface area (Å²) in [5.74, 6) is -2.29. The first-order valence-corrected chi connectivity index (χ1v) is 5.22. The van der Waals surface area contributed by atoms with Gasteiger partial charge in [0, 0.05) is 16.9 Å². The Morgan fingerprint density at radius 1 is 0.824 bits per heavy atom. The zero-order chi connectivity index (χ0) is 12.3. The second-order valence-electron chi connectivity index (χ2n) is 3.79. The maximum Gasteiger partial charge on any atom is 0.248 e. The van der Waals surface area contributed by atoms with E-state index >= 15 is 0 Å². The van der Waals surface area contributed by atoms with E-state index in [0.29, 0.717) is 0 Å². The van der Waals surface area contributed by atoms with E-state index in [0.717, 1.165) is 11.4 Å². The molecule has 2 aromatic rings. The molecular formula is C13H14N2O2. The van der Waals surface area contributed by atoms with Gasteiger partial charge in [-0.05, 0) is 24.3 Å². The SMILES string of the molecule is NC(O)(O)c1ccc(Nc2ccccc2)cc1. The van der Waals surface area contributed by atoms with Crippen LogP contribution >= 0.6 is 0 Å². The summed E-state index contributed by atoms with van der Waals surface area (Å²) in [5, 5.41) is 21.5. The standard InChI is InChI=1S/C13H14N2O2/c14-13(16,17)10-6-8-12(9-7-10)15-11-4-2-1-3-5-11/h1-9,15-17H,14H2. The predicted molar refractivity (Wildman–Crippen MR) is 66.5 cm³/mol. The fraction of sp³-hybridized carbons (Fsp3) is 0.0769. The molecule has 0 unspecified atom stereocenters. The van der Waals surface area contributed by atoms with Gasteiger partial charge < -0.3 is 15.5 Å². The van der Waals surface area contributed by atoms with E-state index in [1.54, 1.807) is 24.3 Å². The van der Waals surface area contributed by atoms with Crippen LogP contribution in [-0.2, 0) is 5.91 Å². The van der Waals surface area contributed by atoms with Crippen molar-refractivity contribution in [1.29, 1.82) is 0 Å². The lowest BCUT2D eigenvalue weighted by atomic mass is 10.1. The number of aliphatic hydroxyl groups is 2. The zero-order valence-corrected chi connectivity index (χ0v) is 9.17. The maximum absolute atomic E-state index is 9.18. The average molecular weight is 230 g/mol. The largest absolute Gasteiger partial charge is 0.356 e. The third-order valence-electron chi connectivity index (χ3n) is 2.37. The van der Waals surface area contributed by atoms with Crippen molar-refractivity contribution in [2.45, 2.75) is 5.91 Å². The molecular weight excluding hydrogens is 216 g/mol. The molecule has 0 saturated carbocycles. The van der Waals surface area contributed by atoms with Crippen molar-refractivity contribution in [2.75, 3.05) is 5.32 Å². The third kappa shape index (κ3) is 3.04. The molecule has 88 valence electrons. The molecule has 0 aliphatic heterocycles. The van der Waals surface area contributed by atoms with Crippen molar-refractivity contribution in [1.82, 2.24) is 0 Å². The first kappa shape index (κ1) is 11.6. The summed E-state index contributed by atoms with van der Waals surface area (Å²) in [6.07, 6.45) is 0. The molecule has 4 nitrogen and oxygen atoms in total. The average Bonchev–Trinajstić information content (AvgIpc) is 2.30. The summed E-state index contributed by atoms with van der Waals surface area (Å²) < 4.78 is 0. The van der Waals surface area contributed by atoms with Crippen LogP contribution in [0.1, 0.15) is 5.56 Å². The molecule has 0 aliphatic carbocycles. The van der Waals surface area contributed by atoms with Crippen molar-refractivity contribution >= 4 is 11.4 Å². The molecule has 0 fully saturated rings. The van der Waals surface area contributed by atoms with E-state index in [9.17, 15) is 10.2 Å². The summed E-state index contributed by atoms with van der Waals surface area (Å²) in [7, 11) is 0. The van der Waals surface area contributed by atoms with E-state index in [1.807, 2.05) is 30.3 Å². The number of rotatable bonds is 3. The van der Waals surface area contributed by atoms with Gasteiger partial charge in [-0.25, -0.2) is 0 Å². The Hall–Kier alpha value is -1.88. The molecule has 0 heterocycles. The second kappa shape index (κ2) is 4.55. The Balaban J connectivity index is 2.14. The van der Waals surface area contributed by atoms with E-state index in [4.69, 9.17) is 5.73 Å². The molecule has 0 saturated heterocycles. The first-order valence-electron chi connectivity index (χ1n) is 5.22. The molecule has 4 heteroatoms. The number of nitrogens with one attached hydrogen (secondary N) is 1. The van der Waals surface area contributed by atoms with Crippen LogP contribution in [0.15, 0.2) is 54.6 Å². The van der Waals surface area contributed by atoms with Gasteiger partial charge in [0.2, 0.25) is 5.91 Å². The minimum atomic E-state index is -2.29. The summed E-state index contributed by atoms with van der Waals surface area (Å²) >= 11 is 0. The van der Waals surface area contributed by atoms with Gasteiger partial charge in [0.25, 0.3) is 0 Å². The van der Waals surface area contributed by atoms with E-state index < -0.39 is 5.91 Å². The Kier molecular flexibility index (Phi) is 3.10. The van der Waals surface area contributed by atoms with Crippen molar-refractivity contribution in [3.05, 3.63) is 60.2 Å². The molecule has 0 radical (unpaired) electrons. The minimum Gasteiger partial charge on any atom is -0.356 e. The van der Waals surface area contributed by atoms with Gasteiger partial charge >= 0.3 is 0 Å². The lowest BCUT2D eigenvalue weighted by Gasteiger charge is -2.16. The summed E-state index contributed by atoms with van der Waals surface area (Å²) in [6, 6.07) is 16.3. The van der Waals surface area contributed by atoms with Gasteiger partial charge in [-0.15, -0.1) is 0 Å². The van der Waals surface area contributed by atoms with Gasteiger partial charge in [0.05, 0.1) is 0 Å². The van der Waals surface area contributed by atoms with Crippen molar-refractivity contribution in [2.24, 2.45) is 5.73 Å². The van der Waals surface area contributed by atoms with Gasteiger partial charge in [0.15, 0.2) is 0 Å². The van der Waals surface area contributed by atoms with Crippen LogP contribution in [0.25, 0.3) is 0 Å². The third-order valence-corrected chi connectivity index (χ3v) is 2.37. The molecule has 17 heavy (non-hydrogen) atoms. The van der Waals surface area contributed by atoms with Gasteiger partial charge in [-0.1, -0.05) is 30.3 Å². The zero-order valence-electron chi connectivity index (χ0n) is 9.17.